The molecular formula is C13H18BrN3O3. The maximum Gasteiger partial charge on any atom is 0.270 e. The minimum absolute atomic E-state index is 0.111. The smallest absolute Gasteiger partial charge is 0.270 e. The number of benzene rings is 1. The number of nitro groups is 1. The summed E-state index contributed by atoms with van der Waals surface area (Å²) in [7, 11) is 1.71. The highest BCUT2D eigenvalue weighted by molar-refractivity contribution is 9.10. The minimum atomic E-state index is -0.378. The second-order valence-corrected chi connectivity index (χ2v) is 5.57. The van der Waals surface area contributed by atoms with Crippen molar-refractivity contribution >= 4 is 27.3 Å². The van der Waals surface area contributed by atoms with Crippen LogP contribution in [0.3, 0.4) is 0 Å². The first kappa shape index (κ1) is 15.2. The van der Waals surface area contributed by atoms with E-state index in [2.05, 4.69) is 25.7 Å². The number of nitro benzene ring substituents is 1. The fourth-order valence-corrected chi connectivity index (χ4v) is 2.92. The molecule has 1 aromatic rings. The number of methoxy groups -OCH3 is 1. The molecule has 0 radical (unpaired) electrons. The molecule has 1 aliphatic rings. The molecular weight excluding hydrogens is 326 g/mol. The maximum atomic E-state index is 10.7. The number of non-ortho nitro benzene ring substituents is 1. The van der Waals surface area contributed by atoms with Gasteiger partial charge in [0.1, 0.15) is 0 Å². The van der Waals surface area contributed by atoms with E-state index in [-0.39, 0.29) is 10.6 Å². The lowest BCUT2D eigenvalue weighted by Gasteiger charge is -2.36. The third kappa shape index (κ3) is 3.68. The molecule has 1 fully saturated rings. The van der Waals surface area contributed by atoms with Gasteiger partial charge < -0.3 is 9.64 Å². The highest BCUT2D eigenvalue weighted by atomic mass is 79.9. The molecule has 0 bridgehead atoms. The third-order valence-corrected chi connectivity index (χ3v) is 4.10. The molecule has 0 amide bonds. The van der Waals surface area contributed by atoms with Gasteiger partial charge in [0, 0.05) is 56.4 Å². The van der Waals surface area contributed by atoms with Crippen LogP contribution in [0, 0.1) is 10.1 Å². The lowest BCUT2D eigenvalue weighted by atomic mass is 10.2. The van der Waals surface area contributed by atoms with E-state index in [4.69, 9.17) is 4.74 Å². The van der Waals surface area contributed by atoms with Crippen LogP contribution in [-0.2, 0) is 4.74 Å². The zero-order chi connectivity index (χ0) is 14.5. The lowest BCUT2D eigenvalue weighted by molar-refractivity contribution is -0.384. The normalized spacial score (nSPS) is 16.4. The summed E-state index contributed by atoms with van der Waals surface area (Å²) in [5.74, 6) is 0. The Balaban J connectivity index is 1.98. The number of hydrogen-bond acceptors (Lipinski definition) is 5. The van der Waals surface area contributed by atoms with Gasteiger partial charge in [-0.25, -0.2) is 0 Å². The molecule has 1 heterocycles. The van der Waals surface area contributed by atoms with Crippen molar-refractivity contribution in [3.05, 3.63) is 32.8 Å². The number of hydrogen-bond donors (Lipinski definition) is 0. The summed E-state index contributed by atoms with van der Waals surface area (Å²) in [6, 6.07) is 4.93. The van der Waals surface area contributed by atoms with Gasteiger partial charge in [-0.1, -0.05) is 0 Å². The Morgan fingerprint density at radius 3 is 2.60 bits per heavy atom. The van der Waals surface area contributed by atoms with Crippen LogP contribution in [0.2, 0.25) is 0 Å². The first-order valence-corrected chi connectivity index (χ1v) is 7.31. The van der Waals surface area contributed by atoms with E-state index < -0.39 is 0 Å². The van der Waals surface area contributed by atoms with Crippen LogP contribution in [0.25, 0.3) is 0 Å². The molecule has 6 nitrogen and oxygen atoms in total. The summed E-state index contributed by atoms with van der Waals surface area (Å²) in [5, 5.41) is 10.7. The highest BCUT2D eigenvalue weighted by Crippen LogP contribution is 2.30. The van der Waals surface area contributed by atoms with Crippen molar-refractivity contribution in [3.8, 4) is 0 Å². The molecule has 110 valence electrons. The van der Waals surface area contributed by atoms with E-state index >= 15 is 0 Å². The summed E-state index contributed by atoms with van der Waals surface area (Å²) in [6.45, 7) is 5.49. The molecule has 7 heteroatoms. The van der Waals surface area contributed by atoms with E-state index in [1.807, 2.05) is 6.07 Å². The highest BCUT2D eigenvalue weighted by Gasteiger charge is 2.19. The molecule has 20 heavy (non-hydrogen) atoms. The van der Waals surface area contributed by atoms with Gasteiger partial charge >= 0.3 is 0 Å². The predicted octanol–water partition coefficient (Wildman–Crippen LogP) is 2.13. The molecule has 1 aromatic carbocycles. The van der Waals surface area contributed by atoms with Crippen molar-refractivity contribution in [3.63, 3.8) is 0 Å². The zero-order valence-electron chi connectivity index (χ0n) is 11.4. The number of anilines is 1. The van der Waals surface area contributed by atoms with Crippen LogP contribution in [0.1, 0.15) is 0 Å². The summed E-state index contributed by atoms with van der Waals surface area (Å²) in [6.07, 6.45) is 0. The van der Waals surface area contributed by atoms with Gasteiger partial charge in [0.05, 0.1) is 17.2 Å². The summed E-state index contributed by atoms with van der Waals surface area (Å²) in [4.78, 5) is 15.0. The first-order chi connectivity index (χ1) is 9.61. The van der Waals surface area contributed by atoms with Crippen molar-refractivity contribution in [2.24, 2.45) is 0 Å². The quantitative estimate of drug-likeness (QED) is 0.605. The van der Waals surface area contributed by atoms with E-state index in [9.17, 15) is 10.1 Å². The Labute approximate surface area is 126 Å². The summed E-state index contributed by atoms with van der Waals surface area (Å²) >= 11 is 3.43. The van der Waals surface area contributed by atoms with Crippen LogP contribution in [0.4, 0.5) is 11.4 Å². The van der Waals surface area contributed by atoms with Gasteiger partial charge in [0.2, 0.25) is 0 Å². The van der Waals surface area contributed by atoms with Gasteiger partial charge in [-0.2, -0.15) is 0 Å². The van der Waals surface area contributed by atoms with Crippen molar-refractivity contribution in [2.45, 2.75) is 0 Å². The molecule has 0 atom stereocenters. The SMILES string of the molecule is COCCN1CCN(c2ccc([N+](=O)[O-])cc2Br)CC1. The van der Waals surface area contributed by atoms with Crippen molar-refractivity contribution in [1.82, 2.24) is 4.90 Å². The lowest BCUT2D eigenvalue weighted by Crippen LogP contribution is -2.47. The molecule has 1 saturated heterocycles. The van der Waals surface area contributed by atoms with Gasteiger partial charge in [-0.05, 0) is 22.0 Å². The molecule has 0 unspecified atom stereocenters. The number of piperazine rings is 1. The average molecular weight is 344 g/mol. The summed E-state index contributed by atoms with van der Waals surface area (Å²) < 4.78 is 5.86. The molecule has 2 rings (SSSR count). The fraction of sp³-hybridized carbons (Fsp3) is 0.538. The van der Waals surface area contributed by atoms with E-state index in [0.29, 0.717) is 0 Å². The Morgan fingerprint density at radius 2 is 2.05 bits per heavy atom. The fourth-order valence-electron chi connectivity index (χ4n) is 2.30. The predicted molar refractivity (Wildman–Crippen MR) is 81.3 cm³/mol. The van der Waals surface area contributed by atoms with Crippen molar-refractivity contribution in [1.29, 1.82) is 0 Å². The van der Waals surface area contributed by atoms with E-state index in [1.165, 1.54) is 0 Å². The van der Waals surface area contributed by atoms with Crippen LogP contribution in [0.5, 0.6) is 0 Å². The van der Waals surface area contributed by atoms with Gasteiger partial charge in [0.15, 0.2) is 0 Å². The Kier molecular flexibility index (Phi) is 5.33. The second-order valence-electron chi connectivity index (χ2n) is 4.71. The van der Waals surface area contributed by atoms with Crippen molar-refractivity contribution in [2.75, 3.05) is 51.3 Å². The van der Waals surface area contributed by atoms with Crippen LogP contribution in [-0.4, -0.2) is 56.3 Å². The van der Waals surface area contributed by atoms with Gasteiger partial charge in [-0.15, -0.1) is 0 Å². The molecule has 0 N–H and O–H groups in total. The van der Waals surface area contributed by atoms with E-state index in [0.717, 1.165) is 49.5 Å². The number of halogens is 1. The third-order valence-electron chi connectivity index (χ3n) is 3.47. The molecule has 0 aromatic heterocycles. The van der Waals surface area contributed by atoms with Crippen LogP contribution in [0.15, 0.2) is 22.7 Å². The Morgan fingerprint density at radius 1 is 1.35 bits per heavy atom. The van der Waals surface area contributed by atoms with Crippen LogP contribution >= 0.6 is 15.9 Å². The Bertz CT molecular complexity index is 476. The number of ether oxygens (including phenoxy) is 1. The average Bonchev–Trinajstić information content (AvgIpc) is 2.45. The number of nitrogens with zero attached hydrogens (tertiary/aromatic N) is 3. The molecule has 1 aliphatic heterocycles. The van der Waals surface area contributed by atoms with Crippen LogP contribution < -0.4 is 4.90 Å². The Hall–Kier alpha value is -1.18. The first-order valence-electron chi connectivity index (χ1n) is 6.52. The number of rotatable bonds is 5. The van der Waals surface area contributed by atoms with Gasteiger partial charge in [0.25, 0.3) is 5.69 Å². The topological polar surface area (TPSA) is 58.8 Å². The molecule has 0 saturated carbocycles. The molecule has 0 aliphatic carbocycles. The van der Waals surface area contributed by atoms with Crippen molar-refractivity contribution < 1.29 is 9.66 Å². The molecule has 0 spiro atoms. The maximum absolute atomic E-state index is 10.7. The van der Waals surface area contributed by atoms with Gasteiger partial charge in [-0.3, -0.25) is 15.0 Å². The summed E-state index contributed by atoms with van der Waals surface area (Å²) in [5.41, 5.74) is 1.13. The second kappa shape index (κ2) is 7.01. The standard InChI is InChI=1S/C13H18BrN3O3/c1-20-9-8-15-4-6-16(7-5-15)13-3-2-11(17(18)19)10-12(13)14/h2-3,10H,4-9H2,1H3. The minimum Gasteiger partial charge on any atom is -0.383 e. The van der Waals surface area contributed by atoms with E-state index in [1.54, 1.807) is 19.2 Å². The largest absolute Gasteiger partial charge is 0.383 e. The monoisotopic (exact) mass is 343 g/mol. The zero-order valence-corrected chi connectivity index (χ0v) is 13.0.